The number of nitrogens with zero attached hydrogens (tertiary/aromatic N) is 7. The van der Waals surface area contributed by atoms with Crippen molar-refractivity contribution in [3.8, 4) is 5.69 Å². The van der Waals surface area contributed by atoms with Crippen molar-refractivity contribution >= 4 is 11.6 Å². The summed E-state index contributed by atoms with van der Waals surface area (Å²) in [5, 5.41) is 15.0. The van der Waals surface area contributed by atoms with Gasteiger partial charge in [0.25, 0.3) is 5.91 Å². The van der Waals surface area contributed by atoms with Crippen molar-refractivity contribution in [3.05, 3.63) is 83.1 Å². The quantitative estimate of drug-likeness (QED) is 0.183. The van der Waals surface area contributed by atoms with Gasteiger partial charge in [-0.15, -0.1) is 5.10 Å². The predicted molar refractivity (Wildman–Crippen MR) is 130 cm³/mol. The van der Waals surface area contributed by atoms with E-state index in [1.54, 1.807) is 12.1 Å². The third-order valence-electron chi connectivity index (χ3n) is 6.19. The summed E-state index contributed by atoms with van der Waals surface area (Å²) in [6, 6.07) is 7.48. The number of hydrazine groups is 1. The van der Waals surface area contributed by atoms with E-state index >= 15 is 4.39 Å². The van der Waals surface area contributed by atoms with Gasteiger partial charge in [-0.1, -0.05) is 19.1 Å². The van der Waals surface area contributed by atoms with E-state index < -0.39 is 11.7 Å². The molecule has 0 atom stereocenters. The Bertz CT molecular complexity index is 1420. The molecule has 0 spiro atoms. The summed E-state index contributed by atoms with van der Waals surface area (Å²) in [6.45, 7) is 2.00. The average Bonchev–Trinajstić information content (AvgIpc) is 3.41. The third-order valence-corrected chi connectivity index (χ3v) is 6.19. The van der Waals surface area contributed by atoms with Crippen LogP contribution >= 0.6 is 0 Å². The molecule has 12 heteroatoms. The molecule has 0 aliphatic heterocycles. The monoisotopic (exact) mass is 490 g/mol. The first-order valence-corrected chi connectivity index (χ1v) is 11.7. The summed E-state index contributed by atoms with van der Waals surface area (Å²) in [5.74, 6) is 5.71. The number of aryl methyl sites for hydroxylation is 1. The molecule has 1 aromatic carbocycles. The number of imidazole rings is 1. The number of aromatic nitrogens is 6. The first kappa shape index (κ1) is 23.4. The first-order valence-electron chi connectivity index (χ1n) is 11.7. The van der Waals surface area contributed by atoms with E-state index in [0.29, 0.717) is 23.6 Å². The SMILES string of the molecule is CCc1ccc(-n2cnnn2)c(CNC(=O)/C(N)=C/N(N)Cc2cn3cc(C4CC4)ccc3n2)c1F. The number of nitrogens with one attached hydrogen (secondary N) is 1. The standard InChI is InChI=1S/C24H27FN10O/c1-2-15-5-7-21(35-14-29-31-32-35)19(23(15)25)9-28-24(36)20(26)13-34(27)12-18-11-33-10-17(16-3-4-16)6-8-22(33)30-18/h5-8,10-11,13-14,16H,2-4,9,12,26-27H2,1H3,(H,28,36)/b20-13-. The number of nitrogens with two attached hydrogens (primary N) is 2. The lowest BCUT2D eigenvalue weighted by Crippen LogP contribution is -2.33. The Morgan fingerprint density at radius 3 is 2.83 bits per heavy atom. The van der Waals surface area contributed by atoms with Crippen molar-refractivity contribution in [1.29, 1.82) is 0 Å². The highest BCUT2D eigenvalue weighted by Gasteiger charge is 2.24. The number of carbonyl (C=O) groups is 1. The van der Waals surface area contributed by atoms with Gasteiger partial charge in [0.05, 0.1) is 17.9 Å². The van der Waals surface area contributed by atoms with Gasteiger partial charge >= 0.3 is 0 Å². The minimum atomic E-state index is -0.585. The Labute approximate surface area is 206 Å². The molecule has 3 aromatic heterocycles. The lowest BCUT2D eigenvalue weighted by molar-refractivity contribution is -0.117. The second kappa shape index (κ2) is 9.74. The third kappa shape index (κ3) is 4.89. The summed E-state index contributed by atoms with van der Waals surface area (Å²) in [6.07, 6.45) is 9.65. The van der Waals surface area contributed by atoms with Gasteiger partial charge in [-0.25, -0.2) is 19.9 Å². The predicted octanol–water partition coefficient (Wildman–Crippen LogP) is 1.68. The lowest BCUT2D eigenvalue weighted by Gasteiger charge is -2.15. The van der Waals surface area contributed by atoms with Crippen LogP contribution in [0.15, 0.2) is 54.9 Å². The molecular weight excluding hydrogens is 463 g/mol. The van der Waals surface area contributed by atoms with Gasteiger partial charge in [0.15, 0.2) is 0 Å². The summed E-state index contributed by atoms with van der Waals surface area (Å²) >= 11 is 0. The zero-order valence-corrected chi connectivity index (χ0v) is 19.8. The number of carbonyl (C=O) groups excluding carboxylic acids is 1. The maximum absolute atomic E-state index is 15.1. The maximum atomic E-state index is 15.1. The van der Waals surface area contributed by atoms with Gasteiger partial charge in [0.2, 0.25) is 0 Å². The molecule has 3 heterocycles. The van der Waals surface area contributed by atoms with Gasteiger partial charge < -0.3 is 20.5 Å². The number of tetrazole rings is 1. The molecule has 1 fully saturated rings. The molecule has 4 aromatic rings. The van der Waals surface area contributed by atoms with Crippen LogP contribution in [0.2, 0.25) is 0 Å². The Hall–Kier alpha value is -4.32. The number of pyridine rings is 1. The minimum absolute atomic E-state index is 0.109. The van der Waals surface area contributed by atoms with Crippen LogP contribution in [0.5, 0.6) is 0 Å². The summed E-state index contributed by atoms with van der Waals surface area (Å²) in [7, 11) is 0. The van der Waals surface area contributed by atoms with E-state index in [-0.39, 0.29) is 24.4 Å². The average molecular weight is 491 g/mol. The minimum Gasteiger partial charge on any atom is -0.393 e. The van der Waals surface area contributed by atoms with Crippen molar-refractivity contribution < 1.29 is 9.18 Å². The van der Waals surface area contributed by atoms with Crippen LogP contribution in [-0.4, -0.2) is 40.5 Å². The fourth-order valence-electron chi connectivity index (χ4n) is 4.12. The van der Waals surface area contributed by atoms with Crippen LogP contribution in [0, 0.1) is 5.82 Å². The lowest BCUT2D eigenvalue weighted by atomic mass is 10.0. The van der Waals surface area contributed by atoms with Crippen molar-refractivity contribution in [2.75, 3.05) is 0 Å². The number of halogens is 1. The molecule has 1 saturated carbocycles. The molecule has 1 amide bonds. The van der Waals surface area contributed by atoms with Gasteiger partial charge in [-0.3, -0.25) is 4.79 Å². The van der Waals surface area contributed by atoms with Gasteiger partial charge in [0, 0.05) is 30.7 Å². The molecule has 1 aliphatic rings. The van der Waals surface area contributed by atoms with Gasteiger partial charge in [-0.05, 0) is 58.9 Å². The highest BCUT2D eigenvalue weighted by Crippen LogP contribution is 2.39. The molecule has 36 heavy (non-hydrogen) atoms. The number of hydrogen-bond donors (Lipinski definition) is 3. The molecule has 0 saturated heterocycles. The van der Waals surface area contributed by atoms with Crippen molar-refractivity contribution in [2.24, 2.45) is 11.6 Å². The van der Waals surface area contributed by atoms with E-state index in [4.69, 9.17) is 11.6 Å². The first-order chi connectivity index (χ1) is 17.4. The molecule has 0 radical (unpaired) electrons. The fraction of sp³-hybridized carbons (Fsp3) is 0.292. The van der Waals surface area contributed by atoms with Crippen LogP contribution in [0.25, 0.3) is 11.3 Å². The molecule has 1 aliphatic carbocycles. The van der Waals surface area contributed by atoms with Crippen LogP contribution < -0.4 is 16.9 Å². The van der Waals surface area contributed by atoms with Crippen molar-refractivity contribution in [3.63, 3.8) is 0 Å². The molecule has 11 nitrogen and oxygen atoms in total. The van der Waals surface area contributed by atoms with Crippen LogP contribution in [0.3, 0.4) is 0 Å². The second-order valence-corrected chi connectivity index (χ2v) is 8.82. The highest BCUT2D eigenvalue weighted by atomic mass is 19.1. The molecular formula is C24H27FN10O. The van der Waals surface area contributed by atoms with Crippen LogP contribution in [-0.2, 0) is 24.3 Å². The fourth-order valence-corrected chi connectivity index (χ4v) is 4.12. The zero-order chi connectivity index (χ0) is 25.2. The number of benzene rings is 1. The van der Waals surface area contributed by atoms with Gasteiger partial charge in [0.1, 0.15) is 23.5 Å². The zero-order valence-electron chi connectivity index (χ0n) is 19.8. The van der Waals surface area contributed by atoms with E-state index in [0.717, 1.165) is 11.3 Å². The smallest absolute Gasteiger partial charge is 0.268 e. The van der Waals surface area contributed by atoms with E-state index in [9.17, 15) is 4.79 Å². The normalized spacial score (nSPS) is 13.8. The second-order valence-electron chi connectivity index (χ2n) is 8.82. The largest absolute Gasteiger partial charge is 0.393 e. The highest BCUT2D eigenvalue weighted by molar-refractivity contribution is 5.92. The topological polar surface area (TPSA) is 145 Å². The Balaban J connectivity index is 1.25. The molecule has 186 valence electrons. The summed E-state index contributed by atoms with van der Waals surface area (Å²) < 4.78 is 18.4. The van der Waals surface area contributed by atoms with Crippen molar-refractivity contribution in [2.45, 2.75) is 45.2 Å². The molecule has 5 rings (SSSR count). The number of rotatable bonds is 9. The number of hydrogen-bond acceptors (Lipinski definition) is 8. The van der Waals surface area contributed by atoms with E-state index in [2.05, 4.69) is 38.1 Å². The molecule has 0 bridgehead atoms. The Kier molecular flexibility index (Phi) is 6.34. The van der Waals surface area contributed by atoms with Crippen LogP contribution in [0.4, 0.5) is 4.39 Å². The maximum Gasteiger partial charge on any atom is 0.268 e. The van der Waals surface area contributed by atoms with Crippen molar-refractivity contribution in [1.82, 2.24) is 39.9 Å². The Morgan fingerprint density at radius 2 is 2.11 bits per heavy atom. The number of fused-ring (bicyclic) bond motifs is 1. The molecule has 5 N–H and O–H groups in total. The number of amides is 1. The van der Waals surface area contributed by atoms with E-state index in [1.165, 1.54) is 40.6 Å². The molecule has 0 unspecified atom stereocenters. The van der Waals surface area contributed by atoms with E-state index in [1.807, 2.05) is 23.6 Å². The summed E-state index contributed by atoms with van der Waals surface area (Å²) in [4.78, 5) is 17.2. The van der Waals surface area contributed by atoms with Crippen LogP contribution in [0.1, 0.15) is 48.1 Å². The Morgan fingerprint density at radius 1 is 1.28 bits per heavy atom. The summed E-state index contributed by atoms with van der Waals surface area (Å²) in [5.41, 5.74) is 9.92. The van der Waals surface area contributed by atoms with Gasteiger partial charge in [-0.2, -0.15) is 0 Å².